The minimum atomic E-state index is -4.61. The molecular formula is C22H22Cl2F3NO3. The number of carboxylic acid groups (broad SMARTS) is 1. The fourth-order valence-corrected chi connectivity index (χ4v) is 3.39. The quantitative estimate of drug-likeness (QED) is 0.475. The van der Waals surface area contributed by atoms with E-state index in [0.29, 0.717) is 10.6 Å². The molecule has 9 heteroatoms. The Hall–Kier alpha value is -2.25. The van der Waals surface area contributed by atoms with Crippen LogP contribution in [0.4, 0.5) is 18.9 Å². The van der Waals surface area contributed by atoms with E-state index in [9.17, 15) is 27.9 Å². The molecule has 1 amide bonds. The highest BCUT2D eigenvalue weighted by Crippen LogP contribution is 2.39. The van der Waals surface area contributed by atoms with E-state index >= 15 is 0 Å². The summed E-state index contributed by atoms with van der Waals surface area (Å²) in [4.78, 5) is 24.3. The van der Waals surface area contributed by atoms with Crippen molar-refractivity contribution >= 4 is 40.8 Å². The first-order valence-corrected chi connectivity index (χ1v) is 10.1. The summed E-state index contributed by atoms with van der Waals surface area (Å²) in [5.74, 6) is -5.40. The lowest BCUT2D eigenvalue weighted by Crippen LogP contribution is -2.34. The number of hydrogen-bond donors (Lipinski definition) is 2. The van der Waals surface area contributed by atoms with Crippen molar-refractivity contribution in [1.29, 1.82) is 0 Å². The predicted molar refractivity (Wildman–Crippen MR) is 115 cm³/mol. The molecule has 0 saturated carbocycles. The van der Waals surface area contributed by atoms with Gasteiger partial charge in [-0.3, -0.25) is 9.59 Å². The zero-order valence-electron chi connectivity index (χ0n) is 17.1. The third-order valence-corrected chi connectivity index (χ3v) is 5.62. The average molecular weight is 476 g/mol. The first-order chi connectivity index (χ1) is 14.2. The molecule has 0 aliphatic heterocycles. The molecule has 2 atom stereocenters. The van der Waals surface area contributed by atoms with Gasteiger partial charge in [-0.2, -0.15) is 13.2 Å². The third kappa shape index (κ3) is 6.37. The van der Waals surface area contributed by atoms with Gasteiger partial charge >= 0.3 is 12.1 Å². The standard InChI is InChI=1S/C22H22Cl2F3NO3/c1-12(22(25,26)27)18(14-5-7-15(23)8-6-14)19(29)28-17-10-13(4-9-16(17)24)11-21(2,3)20(30)31/h4-10,12,18H,11H2,1-3H3,(H,28,29)(H,30,31). The van der Waals surface area contributed by atoms with Crippen LogP contribution in [0.5, 0.6) is 0 Å². The lowest BCUT2D eigenvalue weighted by atomic mass is 9.85. The van der Waals surface area contributed by atoms with Gasteiger partial charge < -0.3 is 10.4 Å². The van der Waals surface area contributed by atoms with Gasteiger partial charge in [0, 0.05) is 5.02 Å². The first-order valence-electron chi connectivity index (χ1n) is 9.37. The van der Waals surface area contributed by atoms with Gasteiger partial charge in [-0.15, -0.1) is 0 Å². The van der Waals surface area contributed by atoms with E-state index < -0.39 is 35.3 Å². The van der Waals surface area contributed by atoms with Gasteiger partial charge in [0.05, 0.1) is 28.0 Å². The van der Waals surface area contributed by atoms with Crippen LogP contribution < -0.4 is 5.32 Å². The summed E-state index contributed by atoms with van der Waals surface area (Å²) < 4.78 is 40.4. The van der Waals surface area contributed by atoms with Gasteiger partial charge in [0.1, 0.15) is 0 Å². The largest absolute Gasteiger partial charge is 0.481 e. The van der Waals surface area contributed by atoms with E-state index in [1.165, 1.54) is 36.4 Å². The van der Waals surface area contributed by atoms with Crippen molar-refractivity contribution in [3.8, 4) is 0 Å². The Labute approximate surface area is 188 Å². The first kappa shape index (κ1) is 25.0. The summed E-state index contributed by atoms with van der Waals surface area (Å²) in [6, 6.07) is 10.1. The number of aliphatic carboxylic acids is 1. The maximum atomic E-state index is 13.5. The Morgan fingerprint density at radius 2 is 1.65 bits per heavy atom. The van der Waals surface area contributed by atoms with Crippen LogP contribution in [0.1, 0.15) is 37.8 Å². The number of carbonyl (C=O) groups excluding carboxylic acids is 1. The number of nitrogens with one attached hydrogen (secondary N) is 1. The van der Waals surface area contributed by atoms with Crippen LogP contribution >= 0.6 is 23.2 Å². The zero-order chi connectivity index (χ0) is 23.6. The summed E-state index contributed by atoms with van der Waals surface area (Å²) in [5, 5.41) is 12.3. The van der Waals surface area contributed by atoms with Gasteiger partial charge in [0.15, 0.2) is 0 Å². The summed E-state index contributed by atoms with van der Waals surface area (Å²) in [6.07, 6.45) is -4.47. The van der Waals surface area contributed by atoms with Crippen molar-refractivity contribution in [2.24, 2.45) is 11.3 Å². The number of carboxylic acids is 1. The van der Waals surface area contributed by atoms with Crippen molar-refractivity contribution in [2.45, 2.75) is 39.3 Å². The summed E-state index contributed by atoms with van der Waals surface area (Å²) in [6.45, 7) is 4.03. The summed E-state index contributed by atoms with van der Waals surface area (Å²) >= 11 is 12.0. The monoisotopic (exact) mass is 475 g/mol. The molecule has 0 bridgehead atoms. The van der Waals surface area contributed by atoms with Gasteiger partial charge in [-0.05, 0) is 55.7 Å². The van der Waals surface area contributed by atoms with E-state index in [2.05, 4.69) is 5.32 Å². The summed E-state index contributed by atoms with van der Waals surface area (Å²) in [7, 11) is 0. The van der Waals surface area contributed by atoms with Crippen LogP contribution in [0.2, 0.25) is 10.0 Å². The SMILES string of the molecule is CC(C(C(=O)Nc1cc(CC(C)(C)C(=O)O)ccc1Cl)c1ccc(Cl)cc1)C(F)(F)F. The molecule has 0 heterocycles. The predicted octanol–water partition coefficient (Wildman–Crippen LogP) is 6.57. The van der Waals surface area contributed by atoms with Gasteiger partial charge in [-0.1, -0.05) is 48.3 Å². The topological polar surface area (TPSA) is 66.4 Å². The molecule has 168 valence electrons. The van der Waals surface area contributed by atoms with E-state index in [0.717, 1.165) is 6.92 Å². The Bertz CT molecular complexity index is 959. The number of benzene rings is 2. The van der Waals surface area contributed by atoms with Crippen molar-refractivity contribution in [3.05, 3.63) is 63.6 Å². The molecule has 0 spiro atoms. The molecule has 0 fully saturated rings. The van der Waals surface area contributed by atoms with Crippen LogP contribution in [-0.4, -0.2) is 23.2 Å². The number of amides is 1. The van der Waals surface area contributed by atoms with Crippen molar-refractivity contribution in [2.75, 3.05) is 5.32 Å². The maximum Gasteiger partial charge on any atom is 0.392 e. The molecule has 0 radical (unpaired) electrons. The van der Waals surface area contributed by atoms with Crippen molar-refractivity contribution in [1.82, 2.24) is 0 Å². The second kappa shape index (κ2) is 9.49. The number of carbonyl (C=O) groups is 2. The number of hydrogen-bond acceptors (Lipinski definition) is 2. The highest BCUT2D eigenvalue weighted by Gasteiger charge is 2.45. The number of anilines is 1. The van der Waals surface area contributed by atoms with Crippen LogP contribution in [-0.2, 0) is 16.0 Å². The number of alkyl halides is 3. The molecule has 2 unspecified atom stereocenters. The minimum Gasteiger partial charge on any atom is -0.481 e. The van der Waals surface area contributed by atoms with Crippen molar-refractivity contribution < 1.29 is 27.9 Å². The molecule has 2 N–H and O–H groups in total. The van der Waals surface area contributed by atoms with E-state index in [1.807, 2.05) is 0 Å². The van der Waals surface area contributed by atoms with Crippen LogP contribution in [0.25, 0.3) is 0 Å². The van der Waals surface area contributed by atoms with E-state index in [-0.39, 0.29) is 22.7 Å². The molecule has 2 aromatic carbocycles. The average Bonchev–Trinajstić information content (AvgIpc) is 2.65. The van der Waals surface area contributed by atoms with Crippen LogP contribution in [0.15, 0.2) is 42.5 Å². The normalized spacial score (nSPS) is 14.1. The maximum absolute atomic E-state index is 13.5. The highest BCUT2D eigenvalue weighted by atomic mass is 35.5. The molecule has 2 rings (SSSR count). The smallest absolute Gasteiger partial charge is 0.392 e. The molecule has 31 heavy (non-hydrogen) atoms. The van der Waals surface area contributed by atoms with Crippen LogP contribution in [0.3, 0.4) is 0 Å². The fourth-order valence-electron chi connectivity index (χ4n) is 3.10. The Balaban J connectivity index is 2.37. The molecule has 0 aliphatic rings. The molecular weight excluding hydrogens is 454 g/mol. The zero-order valence-corrected chi connectivity index (χ0v) is 18.6. The van der Waals surface area contributed by atoms with E-state index in [4.69, 9.17) is 23.2 Å². The second-order valence-corrected chi connectivity index (χ2v) is 8.87. The van der Waals surface area contributed by atoms with Crippen molar-refractivity contribution in [3.63, 3.8) is 0 Å². The van der Waals surface area contributed by atoms with Crippen LogP contribution in [0, 0.1) is 11.3 Å². The molecule has 0 aliphatic carbocycles. The summed E-state index contributed by atoms with van der Waals surface area (Å²) in [5.41, 5.74) is -0.241. The highest BCUT2D eigenvalue weighted by molar-refractivity contribution is 6.33. The van der Waals surface area contributed by atoms with Gasteiger partial charge in [0.2, 0.25) is 5.91 Å². The Kier molecular flexibility index (Phi) is 7.66. The minimum absolute atomic E-state index is 0.110. The van der Waals surface area contributed by atoms with Gasteiger partial charge in [0.25, 0.3) is 0 Å². The van der Waals surface area contributed by atoms with Gasteiger partial charge in [-0.25, -0.2) is 0 Å². The third-order valence-electron chi connectivity index (χ3n) is 5.04. The molecule has 0 saturated heterocycles. The second-order valence-electron chi connectivity index (χ2n) is 8.03. The lowest BCUT2D eigenvalue weighted by molar-refractivity contribution is -0.178. The Morgan fingerprint density at radius 3 is 2.16 bits per heavy atom. The fraction of sp³-hybridized carbons (Fsp3) is 0.364. The molecule has 2 aromatic rings. The number of rotatable bonds is 7. The Morgan fingerprint density at radius 1 is 1.06 bits per heavy atom. The van der Waals surface area contributed by atoms with E-state index in [1.54, 1.807) is 19.9 Å². The lowest BCUT2D eigenvalue weighted by Gasteiger charge is -2.26. The molecule has 0 aromatic heterocycles. The molecule has 4 nitrogen and oxygen atoms in total. The number of halogens is 5.